The predicted octanol–water partition coefficient (Wildman–Crippen LogP) is 0.902. The molecule has 23 heavy (non-hydrogen) atoms. The molecule has 0 aromatic carbocycles. The molecule has 1 aliphatic rings. The van der Waals surface area contributed by atoms with E-state index in [9.17, 15) is 4.79 Å². The van der Waals surface area contributed by atoms with Crippen molar-refractivity contribution in [2.45, 2.75) is 18.9 Å². The van der Waals surface area contributed by atoms with Crippen molar-refractivity contribution in [1.82, 2.24) is 24.9 Å². The van der Waals surface area contributed by atoms with Gasteiger partial charge in [0.15, 0.2) is 0 Å². The average Bonchev–Trinajstić information content (AvgIpc) is 2.96. The number of carbonyl (C=O) groups excluding carboxylic acids is 1. The number of aryl methyl sites for hydroxylation is 1. The first-order valence-corrected chi connectivity index (χ1v) is 7.48. The van der Waals surface area contributed by atoms with Gasteiger partial charge in [-0.15, -0.1) is 10.2 Å². The lowest BCUT2D eigenvalue weighted by Gasteiger charge is -2.32. The SMILES string of the molecule is COc1nn(C)cc1C(=O)N1CCC[C@H](Oc2cccnn2)C1. The van der Waals surface area contributed by atoms with Crippen molar-refractivity contribution in [3.8, 4) is 11.8 Å². The Morgan fingerprint density at radius 2 is 2.30 bits per heavy atom. The van der Waals surface area contributed by atoms with Gasteiger partial charge in [0.25, 0.3) is 5.91 Å². The minimum Gasteiger partial charge on any atom is -0.479 e. The van der Waals surface area contributed by atoms with Gasteiger partial charge in [0.2, 0.25) is 11.8 Å². The monoisotopic (exact) mass is 317 g/mol. The number of methoxy groups -OCH3 is 1. The highest BCUT2D eigenvalue weighted by Crippen LogP contribution is 2.21. The Hall–Kier alpha value is -2.64. The Kier molecular flexibility index (Phi) is 4.40. The van der Waals surface area contributed by atoms with Crippen LogP contribution < -0.4 is 9.47 Å². The quantitative estimate of drug-likeness (QED) is 0.833. The summed E-state index contributed by atoms with van der Waals surface area (Å²) < 4.78 is 12.6. The molecular formula is C15H19N5O3. The predicted molar refractivity (Wildman–Crippen MR) is 81.3 cm³/mol. The molecule has 0 radical (unpaired) electrons. The summed E-state index contributed by atoms with van der Waals surface area (Å²) in [6.07, 6.45) is 4.93. The summed E-state index contributed by atoms with van der Waals surface area (Å²) in [6.45, 7) is 1.20. The molecule has 0 N–H and O–H groups in total. The number of rotatable bonds is 4. The van der Waals surface area contributed by atoms with E-state index in [1.54, 1.807) is 41.2 Å². The topological polar surface area (TPSA) is 82.4 Å². The van der Waals surface area contributed by atoms with Crippen LogP contribution in [-0.4, -0.2) is 57.1 Å². The fourth-order valence-electron chi connectivity index (χ4n) is 2.68. The van der Waals surface area contributed by atoms with Crippen molar-refractivity contribution in [2.75, 3.05) is 20.2 Å². The minimum atomic E-state index is -0.0950. The first-order valence-electron chi connectivity index (χ1n) is 7.48. The Labute approximate surface area is 134 Å². The highest BCUT2D eigenvalue weighted by atomic mass is 16.5. The zero-order chi connectivity index (χ0) is 16.2. The lowest BCUT2D eigenvalue weighted by molar-refractivity contribution is 0.0522. The Balaban J connectivity index is 1.69. The molecule has 0 bridgehead atoms. The van der Waals surface area contributed by atoms with E-state index in [2.05, 4.69) is 15.3 Å². The number of hydrogen-bond acceptors (Lipinski definition) is 6. The number of nitrogens with zero attached hydrogens (tertiary/aromatic N) is 5. The Morgan fingerprint density at radius 3 is 3.04 bits per heavy atom. The molecule has 1 aliphatic heterocycles. The Morgan fingerprint density at radius 1 is 1.43 bits per heavy atom. The fourth-order valence-corrected chi connectivity index (χ4v) is 2.68. The fraction of sp³-hybridized carbons (Fsp3) is 0.467. The van der Waals surface area contributed by atoms with E-state index in [-0.39, 0.29) is 12.0 Å². The molecule has 1 amide bonds. The first kappa shape index (κ1) is 15.3. The number of carbonyl (C=O) groups is 1. The van der Waals surface area contributed by atoms with E-state index in [1.165, 1.54) is 7.11 Å². The van der Waals surface area contributed by atoms with E-state index in [0.29, 0.717) is 30.4 Å². The molecule has 8 heteroatoms. The van der Waals surface area contributed by atoms with Gasteiger partial charge in [-0.25, -0.2) is 0 Å². The maximum absolute atomic E-state index is 12.7. The molecule has 1 saturated heterocycles. The highest BCUT2D eigenvalue weighted by Gasteiger charge is 2.28. The molecule has 1 atom stereocenters. The third-order valence-corrected chi connectivity index (χ3v) is 3.72. The second-order valence-corrected chi connectivity index (χ2v) is 5.42. The van der Waals surface area contributed by atoms with Gasteiger partial charge in [-0.2, -0.15) is 5.10 Å². The van der Waals surface area contributed by atoms with E-state index < -0.39 is 0 Å². The van der Waals surface area contributed by atoms with Crippen molar-refractivity contribution in [3.63, 3.8) is 0 Å². The summed E-state index contributed by atoms with van der Waals surface area (Å²) in [5.41, 5.74) is 0.468. The number of amides is 1. The first-order chi connectivity index (χ1) is 11.2. The molecule has 2 aromatic heterocycles. The van der Waals surface area contributed by atoms with Crippen LogP contribution in [-0.2, 0) is 7.05 Å². The molecule has 8 nitrogen and oxygen atoms in total. The van der Waals surface area contributed by atoms with Crippen LogP contribution >= 0.6 is 0 Å². The van der Waals surface area contributed by atoms with Crippen molar-refractivity contribution in [3.05, 3.63) is 30.1 Å². The van der Waals surface area contributed by atoms with Crippen LogP contribution in [0.1, 0.15) is 23.2 Å². The summed E-state index contributed by atoms with van der Waals surface area (Å²) in [4.78, 5) is 14.5. The molecule has 0 aliphatic carbocycles. The summed E-state index contributed by atoms with van der Waals surface area (Å²) in [7, 11) is 3.27. The summed E-state index contributed by atoms with van der Waals surface area (Å²) in [6, 6.07) is 3.53. The molecule has 0 saturated carbocycles. The number of hydrogen-bond donors (Lipinski definition) is 0. The van der Waals surface area contributed by atoms with Crippen LogP contribution in [0.3, 0.4) is 0 Å². The zero-order valence-electron chi connectivity index (χ0n) is 13.2. The smallest absolute Gasteiger partial charge is 0.261 e. The molecule has 1 fully saturated rings. The van der Waals surface area contributed by atoms with Crippen LogP contribution in [0.4, 0.5) is 0 Å². The minimum absolute atomic E-state index is 0.0907. The summed E-state index contributed by atoms with van der Waals surface area (Å²) in [5.74, 6) is 0.725. The van der Waals surface area contributed by atoms with Crippen LogP contribution in [0, 0.1) is 0 Å². The van der Waals surface area contributed by atoms with Crippen LogP contribution in [0.5, 0.6) is 11.8 Å². The van der Waals surface area contributed by atoms with Gasteiger partial charge in [0.05, 0.1) is 13.7 Å². The molecule has 3 heterocycles. The summed E-state index contributed by atoms with van der Waals surface area (Å²) >= 11 is 0. The summed E-state index contributed by atoms with van der Waals surface area (Å²) in [5, 5.41) is 11.8. The van der Waals surface area contributed by atoms with Gasteiger partial charge in [0, 0.05) is 32.1 Å². The maximum Gasteiger partial charge on any atom is 0.261 e. The van der Waals surface area contributed by atoms with Crippen LogP contribution in [0.15, 0.2) is 24.5 Å². The van der Waals surface area contributed by atoms with Crippen LogP contribution in [0.25, 0.3) is 0 Å². The van der Waals surface area contributed by atoms with E-state index in [0.717, 1.165) is 12.8 Å². The van der Waals surface area contributed by atoms with E-state index in [4.69, 9.17) is 9.47 Å². The molecule has 2 aromatic rings. The number of piperidine rings is 1. The van der Waals surface area contributed by atoms with Gasteiger partial charge in [0.1, 0.15) is 11.7 Å². The zero-order valence-corrected chi connectivity index (χ0v) is 13.2. The van der Waals surface area contributed by atoms with Crippen molar-refractivity contribution in [1.29, 1.82) is 0 Å². The van der Waals surface area contributed by atoms with Gasteiger partial charge < -0.3 is 14.4 Å². The third-order valence-electron chi connectivity index (χ3n) is 3.72. The number of likely N-dealkylation sites (tertiary alicyclic amines) is 1. The average molecular weight is 317 g/mol. The van der Waals surface area contributed by atoms with Gasteiger partial charge in [-0.3, -0.25) is 9.48 Å². The van der Waals surface area contributed by atoms with E-state index >= 15 is 0 Å². The van der Waals surface area contributed by atoms with Crippen LogP contribution in [0.2, 0.25) is 0 Å². The van der Waals surface area contributed by atoms with Crippen molar-refractivity contribution in [2.24, 2.45) is 7.05 Å². The second-order valence-electron chi connectivity index (χ2n) is 5.42. The van der Waals surface area contributed by atoms with E-state index in [1.807, 2.05) is 0 Å². The third kappa shape index (κ3) is 3.41. The lowest BCUT2D eigenvalue weighted by atomic mass is 10.1. The number of aromatic nitrogens is 4. The van der Waals surface area contributed by atoms with Gasteiger partial charge in [-0.1, -0.05) is 0 Å². The lowest BCUT2D eigenvalue weighted by Crippen LogP contribution is -2.44. The number of ether oxygens (including phenoxy) is 2. The highest BCUT2D eigenvalue weighted by molar-refractivity contribution is 5.96. The van der Waals surface area contributed by atoms with Gasteiger partial charge in [-0.05, 0) is 18.9 Å². The van der Waals surface area contributed by atoms with Gasteiger partial charge >= 0.3 is 0 Å². The second kappa shape index (κ2) is 6.64. The molecular weight excluding hydrogens is 298 g/mol. The maximum atomic E-state index is 12.7. The molecule has 0 spiro atoms. The van der Waals surface area contributed by atoms with Crippen molar-refractivity contribution < 1.29 is 14.3 Å². The molecule has 3 rings (SSSR count). The molecule has 122 valence electrons. The normalized spacial score (nSPS) is 17.8. The molecule has 0 unspecified atom stereocenters. The largest absolute Gasteiger partial charge is 0.479 e. The standard InChI is InChI=1S/C15H19N5O3/c1-19-10-12(14(18-19)22-2)15(21)20-8-4-5-11(9-20)23-13-6-3-7-16-17-13/h3,6-7,10-11H,4-5,8-9H2,1-2H3/t11-/m0/s1. The Bertz CT molecular complexity index is 673. The van der Waals surface area contributed by atoms with Crippen molar-refractivity contribution >= 4 is 5.91 Å².